The Balaban J connectivity index is 1.31. The fourth-order valence-corrected chi connectivity index (χ4v) is 5.61. The molecule has 1 atom stereocenters. The molecule has 3 heterocycles. The first-order chi connectivity index (χ1) is 14.4. The number of rotatable bonds is 5. The highest BCUT2D eigenvalue weighted by molar-refractivity contribution is 7.89. The number of hydrogen-bond acceptors (Lipinski definition) is 5. The lowest BCUT2D eigenvalue weighted by Gasteiger charge is -2.30. The van der Waals surface area contributed by atoms with Crippen molar-refractivity contribution in [2.75, 3.05) is 36.4 Å². The molecule has 0 radical (unpaired) electrons. The van der Waals surface area contributed by atoms with Crippen molar-refractivity contribution < 1.29 is 13.2 Å². The minimum atomic E-state index is -3.55. The van der Waals surface area contributed by atoms with Crippen LogP contribution in [-0.4, -0.2) is 49.8 Å². The number of aromatic nitrogens is 1. The first kappa shape index (κ1) is 20.8. The third-order valence-corrected chi connectivity index (χ3v) is 7.90. The topological polar surface area (TPSA) is 82.6 Å². The van der Waals surface area contributed by atoms with E-state index in [4.69, 9.17) is 0 Å². The zero-order valence-corrected chi connectivity index (χ0v) is 18.0. The van der Waals surface area contributed by atoms with Gasteiger partial charge in [-0.15, -0.1) is 0 Å². The van der Waals surface area contributed by atoms with Crippen LogP contribution >= 0.6 is 0 Å². The van der Waals surface area contributed by atoms with Gasteiger partial charge in [0.15, 0.2) is 0 Å². The second kappa shape index (κ2) is 8.73. The van der Waals surface area contributed by atoms with Crippen LogP contribution in [0, 0.1) is 11.8 Å². The first-order valence-electron chi connectivity index (χ1n) is 10.5. The van der Waals surface area contributed by atoms with Crippen LogP contribution in [0.2, 0.25) is 0 Å². The second-order valence-corrected chi connectivity index (χ2v) is 10.2. The van der Waals surface area contributed by atoms with Crippen molar-refractivity contribution in [2.24, 2.45) is 11.8 Å². The number of sulfonamides is 1. The van der Waals surface area contributed by atoms with Crippen molar-refractivity contribution in [3.05, 3.63) is 48.8 Å². The van der Waals surface area contributed by atoms with E-state index in [1.165, 1.54) is 22.6 Å². The van der Waals surface area contributed by atoms with Gasteiger partial charge in [-0.3, -0.25) is 9.78 Å². The lowest BCUT2D eigenvalue weighted by Crippen LogP contribution is -2.41. The summed E-state index contributed by atoms with van der Waals surface area (Å²) in [5, 5.41) is 2.99. The van der Waals surface area contributed by atoms with Crippen molar-refractivity contribution in [3.8, 4) is 0 Å². The molecule has 2 aliphatic heterocycles. The van der Waals surface area contributed by atoms with E-state index in [1.807, 2.05) is 12.1 Å². The van der Waals surface area contributed by atoms with Gasteiger partial charge >= 0.3 is 0 Å². The molecule has 7 nitrogen and oxygen atoms in total. The van der Waals surface area contributed by atoms with Crippen LogP contribution in [0.15, 0.2) is 53.7 Å². The largest absolute Gasteiger partial charge is 0.371 e. The molecule has 4 rings (SSSR count). The number of carbonyl (C=O) groups excluding carboxylic acids is 1. The fourth-order valence-electron chi connectivity index (χ4n) is 4.18. The Morgan fingerprint density at radius 2 is 1.80 bits per heavy atom. The van der Waals surface area contributed by atoms with E-state index in [1.54, 1.807) is 18.3 Å². The molecule has 0 bridgehead atoms. The van der Waals surface area contributed by atoms with E-state index in [2.05, 4.69) is 34.3 Å². The molecule has 1 unspecified atom stereocenters. The van der Waals surface area contributed by atoms with Gasteiger partial charge in [-0.25, -0.2) is 8.42 Å². The molecule has 1 aromatic heterocycles. The first-order valence-corrected chi connectivity index (χ1v) is 11.9. The van der Waals surface area contributed by atoms with E-state index in [9.17, 15) is 13.2 Å². The molecule has 1 aromatic carbocycles. The van der Waals surface area contributed by atoms with Gasteiger partial charge in [-0.05, 0) is 61.6 Å². The highest BCUT2D eigenvalue weighted by Crippen LogP contribution is 2.27. The average molecular weight is 429 g/mol. The predicted octanol–water partition coefficient (Wildman–Crippen LogP) is 2.97. The molecule has 1 amide bonds. The van der Waals surface area contributed by atoms with Crippen LogP contribution in [-0.2, 0) is 14.8 Å². The molecule has 0 aliphatic carbocycles. The number of nitrogens with one attached hydrogen (secondary N) is 1. The normalized spacial score (nSPS) is 21.0. The number of anilines is 2. The molecule has 2 fully saturated rings. The minimum absolute atomic E-state index is 0.0454. The van der Waals surface area contributed by atoms with Gasteiger partial charge in [-0.2, -0.15) is 4.31 Å². The Labute approximate surface area is 178 Å². The van der Waals surface area contributed by atoms with Crippen LogP contribution in [0.5, 0.6) is 0 Å². The Kier molecular flexibility index (Phi) is 6.06. The van der Waals surface area contributed by atoms with Gasteiger partial charge in [-0.1, -0.05) is 6.92 Å². The van der Waals surface area contributed by atoms with Crippen LogP contribution in [0.25, 0.3) is 0 Å². The van der Waals surface area contributed by atoms with E-state index < -0.39 is 10.0 Å². The Morgan fingerprint density at radius 3 is 2.40 bits per heavy atom. The lowest BCUT2D eigenvalue weighted by molar-refractivity contribution is -0.120. The summed E-state index contributed by atoms with van der Waals surface area (Å²) in [6.07, 6.45) is 5.15. The maximum Gasteiger partial charge on any atom is 0.244 e. The lowest BCUT2D eigenvalue weighted by atomic mass is 9.97. The second-order valence-electron chi connectivity index (χ2n) is 8.24. The molecule has 160 valence electrons. The Morgan fingerprint density at radius 1 is 1.07 bits per heavy atom. The number of hydrogen-bond donors (Lipinski definition) is 1. The summed E-state index contributed by atoms with van der Waals surface area (Å²) in [6.45, 7) is 5.09. The summed E-state index contributed by atoms with van der Waals surface area (Å²) in [7, 11) is -3.55. The molecular weight excluding hydrogens is 400 g/mol. The van der Waals surface area contributed by atoms with E-state index >= 15 is 0 Å². The van der Waals surface area contributed by atoms with Gasteiger partial charge in [0.1, 0.15) is 4.90 Å². The van der Waals surface area contributed by atoms with Crippen LogP contribution < -0.4 is 10.2 Å². The molecule has 0 spiro atoms. The van der Waals surface area contributed by atoms with Crippen LogP contribution in [0.3, 0.4) is 0 Å². The van der Waals surface area contributed by atoms with Crippen molar-refractivity contribution in [2.45, 2.75) is 31.1 Å². The van der Waals surface area contributed by atoms with Crippen molar-refractivity contribution in [3.63, 3.8) is 0 Å². The van der Waals surface area contributed by atoms with E-state index in [-0.39, 0.29) is 16.7 Å². The summed E-state index contributed by atoms with van der Waals surface area (Å²) in [5.41, 5.74) is 1.97. The highest BCUT2D eigenvalue weighted by Gasteiger charge is 2.32. The number of piperidine rings is 1. The van der Waals surface area contributed by atoms with Crippen LogP contribution in [0.1, 0.15) is 26.2 Å². The summed E-state index contributed by atoms with van der Waals surface area (Å²) >= 11 is 0. The maximum absolute atomic E-state index is 12.7. The van der Waals surface area contributed by atoms with E-state index in [0.29, 0.717) is 25.9 Å². The van der Waals surface area contributed by atoms with Crippen molar-refractivity contribution in [1.82, 2.24) is 9.29 Å². The number of nitrogens with zero attached hydrogens (tertiary/aromatic N) is 3. The van der Waals surface area contributed by atoms with Gasteiger partial charge in [0.2, 0.25) is 15.9 Å². The Bertz CT molecular complexity index is 971. The monoisotopic (exact) mass is 428 g/mol. The smallest absolute Gasteiger partial charge is 0.244 e. The molecule has 2 aromatic rings. The zero-order chi connectivity index (χ0) is 21.1. The van der Waals surface area contributed by atoms with Gasteiger partial charge in [0.25, 0.3) is 0 Å². The molecule has 8 heteroatoms. The summed E-state index contributed by atoms with van der Waals surface area (Å²) in [6, 6.07) is 11.2. The van der Waals surface area contributed by atoms with Crippen LogP contribution in [0.4, 0.5) is 11.4 Å². The number of carbonyl (C=O) groups is 1. The Hall–Kier alpha value is -2.45. The maximum atomic E-state index is 12.7. The van der Waals surface area contributed by atoms with E-state index in [0.717, 1.165) is 24.7 Å². The third-order valence-electron chi connectivity index (χ3n) is 6.02. The van der Waals surface area contributed by atoms with Crippen molar-refractivity contribution in [1.29, 1.82) is 0 Å². The number of amides is 1. The number of pyridine rings is 1. The van der Waals surface area contributed by atoms with Gasteiger partial charge in [0.05, 0.1) is 0 Å². The quantitative estimate of drug-likeness (QED) is 0.792. The minimum Gasteiger partial charge on any atom is -0.371 e. The third kappa shape index (κ3) is 4.49. The summed E-state index contributed by atoms with van der Waals surface area (Å²) in [5.74, 6) is 0.484. The molecule has 1 N–H and O–H groups in total. The fraction of sp³-hybridized carbons (Fsp3) is 0.455. The van der Waals surface area contributed by atoms with Gasteiger partial charge in [0, 0.05) is 55.9 Å². The molecule has 2 saturated heterocycles. The highest BCUT2D eigenvalue weighted by atomic mass is 32.2. The SMILES string of the molecule is CC1CCN(c2ccc(NC(=O)C3CCN(S(=O)(=O)c4cccnc4)CC3)cc2)C1. The zero-order valence-electron chi connectivity index (χ0n) is 17.2. The van der Waals surface area contributed by atoms with Crippen molar-refractivity contribution >= 4 is 27.3 Å². The number of benzene rings is 1. The molecule has 2 aliphatic rings. The summed E-state index contributed by atoms with van der Waals surface area (Å²) in [4.78, 5) is 19.1. The molecule has 0 saturated carbocycles. The standard InChI is InChI=1S/C22H28N4O3S/c1-17-8-12-25(16-17)20-6-4-19(5-7-20)24-22(27)18-9-13-26(14-10-18)30(28,29)21-3-2-11-23-15-21/h2-7,11,15,17-18H,8-10,12-14,16H2,1H3,(H,24,27). The predicted molar refractivity (Wildman–Crippen MR) is 117 cm³/mol. The average Bonchev–Trinajstić information content (AvgIpc) is 3.21. The summed E-state index contributed by atoms with van der Waals surface area (Å²) < 4.78 is 26.8. The molecular formula is C22H28N4O3S. The molecule has 30 heavy (non-hydrogen) atoms. The van der Waals surface area contributed by atoms with Gasteiger partial charge < -0.3 is 10.2 Å².